The predicted octanol–water partition coefficient (Wildman–Crippen LogP) is 3.11. The smallest absolute Gasteiger partial charge is 0.0556 e. The van der Waals surface area contributed by atoms with Crippen LogP contribution < -0.4 is 0 Å². The average molecular weight is 149 g/mol. The number of nitrogens with zero attached hydrogens (tertiary/aromatic N) is 1. The number of rotatable bonds is 4. The molecule has 11 heavy (non-hydrogen) atoms. The van der Waals surface area contributed by atoms with Crippen molar-refractivity contribution in [2.75, 3.05) is 0 Å². The van der Waals surface area contributed by atoms with Gasteiger partial charge < -0.3 is 0 Å². The zero-order chi connectivity index (χ0) is 8.69. The first kappa shape index (κ1) is 9.89. The van der Waals surface area contributed by atoms with Crippen molar-refractivity contribution in [3.63, 3.8) is 0 Å². The molecular weight excluding hydrogens is 134 g/mol. The molecule has 1 nitrogen and oxygen atoms in total. The van der Waals surface area contributed by atoms with Crippen molar-refractivity contribution in [3.8, 4) is 0 Å². The van der Waals surface area contributed by atoms with E-state index in [1.54, 1.807) is 6.08 Å². The topological polar surface area (TPSA) is 12.4 Å². The van der Waals surface area contributed by atoms with Crippen LogP contribution >= 0.6 is 0 Å². The third-order valence-electron chi connectivity index (χ3n) is 1.16. The SMILES string of the molecule is C=C/C(C)=C\C(=C)N=CCC. The molecule has 0 aliphatic carbocycles. The number of hydrogen-bond donors (Lipinski definition) is 0. The van der Waals surface area contributed by atoms with E-state index in [1.165, 1.54) is 0 Å². The van der Waals surface area contributed by atoms with E-state index in [0.717, 1.165) is 17.7 Å². The molecule has 0 saturated heterocycles. The number of aliphatic imine (C=N–C) groups is 1. The fourth-order valence-electron chi connectivity index (χ4n) is 0.568. The highest BCUT2D eigenvalue weighted by Crippen LogP contribution is 2.01. The Hall–Kier alpha value is -1.11. The molecule has 0 aliphatic heterocycles. The van der Waals surface area contributed by atoms with Gasteiger partial charge in [0.25, 0.3) is 0 Å². The van der Waals surface area contributed by atoms with Gasteiger partial charge in [-0.15, -0.1) is 0 Å². The number of allylic oxidation sites excluding steroid dienone is 3. The van der Waals surface area contributed by atoms with Crippen LogP contribution in [0.1, 0.15) is 20.3 Å². The van der Waals surface area contributed by atoms with Gasteiger partial charge in [0.2, 0.25) is 0 Å². The zero-order valence-electron chi connectivity index (χ0n) is 7.30. The Morgan fingerprint density at radius 1 is 1.55 bits per heavy atom. The third-order valence-corrected chi connectivity index (χ3v) is 1.16. The second-order valence-corrected chi connectivity index (χ2v) is 2.30. The van der Waals surface area contributed by atoms with E-state index in [9.17, 15) is 0 Å². The Kier molecular flexibility index (Phi) is 5.09. The summed E-state index contributed by atoms with van der Waals surface area (Å²) < 4.78 is 0. The Balaban J connectivity index is 4.06. The van der Waals surface area contributed by atoms with Crippen molar-refractivity contribution >= 4 is 6.21 Å². The van der Waals surface area contributed by atoms with Gasteiger partial charge in [0.05, 0.1) is 5.70 Å². The van der Waals surface area contributed by atoms with Crippen LogP contribution in [0.15, 0.2) is 41.6 Å². The lowest BCUT2D eigenvalue weighted by molar-refractivity contribution is 1.29. The summed E-state index contributed by atoms with van der Waals surface area (Å²) in [5.41, 5.74) is 1.87. The largest absolute Gasteiger partial charge is 0.262 e. The van der Waals surface area contributed by atoms with Crippen LogP contribution in [0.2, 0.25) is 0 Å². The molecule has 0 N–H and O–H groups in total. The van der Waals surface area contributed by atoms with Gasteiger partial charge in [0.15, 0.2) is 0 Å². The molecule has 0 aromatic carbocycles. The molecule has 0 amide bonds. The van der Waals surface area contributed by atoms with Crippen LogP contribution in [0.5, 0.6) is 0 Å². The molecule has 0 aromatic heterocycles. The molecule has 0 rings (SSSR count). The van der Waals surface area contributed by atoms with Crippen molar-refractivity contribution in [1.29, 1.82) is 0 Å². The highest BCUT2D eigenvalue weighted by molar-refractivity contribution is 5.59. The first-order valence-corrected chi connectivity index (χ1v) is 3.72. The lowest BCUT2D eigenvalue weighted by Crippen LogP contribution is -1.74. The molecule has 0 aliphatic rings. The summed E-state index contributed by atoms with van der Waals surface area (Å²) in [6.07, 6.45) is 6.47. The Morgan fingerprint density at radius 3 is 2.64 bits per heavy atom. The molecule has 0 fully saturated rings. The van der Waals surface area contributed by atoms with Crippen LogP contribution in [-0.2, 0) is 0 Å². The molecule has 60 valence electrons. The maximum absolute atomic E-state index is 4.09. The van der Waals surface area contributed by atoms with E-state index < -0.39 is 0 Å². The van der Waals surface area contributed by atoms with Gasteiger partial charge in [-0.3, -0.25) is 4.99 Å². The van der Waals surface area contributed by atoms with Crippen molar-refractivity contribution in [2.24, 2.45) is 4.99 Å². The van der Waals surface area contributed by atoms with Gasteiger partial charge in [-0.05, 0) is 25.0 Å². The summed E-state index contributed by atoms with van der Waals surface area (Å²) in [5, 5.41) is 0. The molecule has 0 spiro atoms. The minimum absolute atomic E-state index is 0.782. The maximum atomic E-state index is 4.09. The second kappa shape index (κ2) is 5.66. The molecule has 0 saturated carbocycles. The number of hydrogen-bond acceptors (Lipinski definition) is 1. The maximum Gasteiger partial charge on any atom is 0.0556 e. The molecule has 0 heterocycles. The van der Waals surface area contributed by atoms with Crippen molar-refractivity contribution < 1.29 is 0 Å². The van der Waals surface area contributed by atoms with Crippen LogP contribution in [0.3, 0.4) is 0 Å². The van der Waals surface area contributed by atoms with Crippen molar-refractivity contribution in [3.05, 3.63) is 36.6 Å². The van der Waals surface area contributed by atoms with Crippen molar-refractivity contribution in [1.82, 2.24) is 0 Å². The summed E-state index contributed by atoms with van der Waals surface area (Å²) in [7, 11) is 0. The van der Waals surface area contributed by atoms with E-state index >= 15 is 0 Å². The Morgan fingerprint density at radius 2 is 2.18 bits per heavy atom. The van der Waals surface area contributed by atoms with E-state index in [2.05, 4.69) is 18.2 Å². The third kappa shape index (κ3) is 5.34. The molecular formula is C10H15N. The monoisotopic (exact) mass is 149 g/mol. The first-order valence-electron chi connectivity index (χ1n) is 3.72. The molecule has 0 unspecified atom stereocenters. The van der Waals surface area contributed by atoms with E-state index in [4.69, 9.17) is 0 Å². The second-order valence-electron chi connectivity index (χ2n) is 2.30. The molecule has 0 bridgehead atoms. The average Bonchev–Trinajstić information content (AvgIpc) is 2.00. The van der Waals surface area contributed by atoms with Crippen molar-refractivity contribution in [2.45, 2.75) is 20.3 Å². The minimum atomic E-state index is 0.782. The van der Waals surface area contributed by atoms with Gasteiger partial charge in [0.1, 0.15) is 0 Å². The molecule has 1 heteroatoms. The molecule has 0 atom stereocenters. The highest BCUT2D eigenvalue weighted by atomic mass is 14.7. The van der Waals surface area contributed by atoms with E-state index in [1.807, 2.05) is 26.1 Å². The van der Waals surface area contributed by atoms with Gasteiger partial charge in [-0.25, -0.2) is 0 Å². The lowest BCUT2D eigenvalue weighted by Gasteiger charge is -1.91. The van der Waals surface area contributed by atoms with Gasteiger partial charge >= 0.3 is 0 Å². The van der Waals surface area contributed by atoms with Gasteiger partial charge in [-0.1, -0.05) is 26.2 Å². The van der Waals surface area contributed by atoms with Gasteiger partial charge in [-0.2, -0.15) is 0 Å². The normalized spacial score (nSPS) is 12.0. The standard InChI is InChI=1S/C10H15N/c1-5-7-11-10(4)8-9(3)6-2/h6-8H,2,4-5H2,1,3H3/b9-8-,11-7?. The minimum Gasteiger partial charge on any atom is -0.262 e. The summed E-state index contributed by atoms with van der Waals surface area (Å²) >= 11 is 0. The summed E-state index contributed by atoms with van der Waals surface area (Å²) in [6, 6.07) is 0. The summed E-state index contributed by atoms with van der Waals surface area (Å²) in [6.45, 7) is 11.4. The van der Waals surface area contributed by atoms with E-state index in [-0.39, 0.29) is 0 Å². The van der Waals surface area contributed by atoms with Gasteiger partial charge in [0, 0.05) is 6.21 Å². The predicted molar refractivity (Wildman–Crippen MR) is 51.9 cm³/mol. The summed E-state index contributed by atoms with van der Waals surface area (Å²) in [5.74, 6) is 0. The van der Waals surface area contributed by atoms with Crippen LogP contribution in [0.4, 0.5) is 0 Å². The van der Waals surface area contributed by atoms with Crippen LogP contribution in [0.25, 0.3) is 0 Å². The zero-order valence-corrected chi connectivity index (χ0v) is 7.30. The van der Waals surface area contributed by atoms with E-state index in [0.29, 0.717) is 0 Å². The lowest BCUT2D eigenvalue weighted by atomic mass is 10.2. The summed E-state index contributed by atoms with van der Waals surface area (Å²) in [4.78, 5) is 4.09. The Labute approximate surface area is 68.9 Å². The quantitative estimate of drug-likeness (QED) is 0.430. The highest BCUT2D eigenvalue weighted by Gasteiger charge is 1.82. The molecule has 0 radical (unpaired) electrons. The molecule has 0 aromatic rings. The van der Waals surface area contributed by atoms with Crippen LogP contribution in [0, 0.1) is 0 Å². The first-order chi connectivity index (χ1) is 5.20. The Bertz CT molecular complexity index is 197. The fraction of sp³-hybridized carbons (Fsp3) is 0.300. The van der Waals surface area contributed by atoms with Crippen LogP contribution in [-0.4, -0.2) is 6.21 Å². The fourth-order valence-corrected chi connectivity index (χ4v) is 0.568.